The van der Waals surface area contributed by atoms with Crippen LogP contribution in [0.3, 0.4) is 0 Å². The van der Waals surface area contributed by atoms with Crippen LogP contribution in [-0.4, -0.2) is 46.8 Å². The van der Waals surface area contributed by atoms with Crippen LogP contribution in [0.4, 0.5) is 5.82 Å². The molecule has 6 heteroatoms. The van der Waals surface area contributed by atoms with Crippen molar-refractivity contribution in [3.8, 4) is 11.1 Å². The molecular weight excluding hydrogens is 330 g/mol. The van der Waals surface area contributed by atoms with E-state index in [1.54, 1.807) is 12.3 Å². The normalized spacial score (nSPS) is 18.5. The number of hydrogen-bond donors (Lipinski definition) is 2. The smallest absolute Gasteiger partial charge is 0.339 e. The minimum absolute atomic E-state index is 0.0471. The van der Waals surface area contributed by atoms with Gasteiger partial charge in [-0.2, -0.15) is 0 Å². The molecule has 3 N–H and O–H groups in total. The zero-order valence-corrected chi connectivity index (χ0v) is 14.6. The third-order valence-electron chi connectivity index (χ3n) is 5.44. The van der Waals surface area contributed by atoms with Crippen molar-refractivity contribution in [2.75, 3.05) is 25.5 Å². The van der Waals surface area contributed by atoms with Gasteiger partial charge in [0.2, 0.25) is 0 Å². The summed E-state index contributed by atoms with van der Waals surface area (Å²) < 4.78 is 5.48. The van der Waals surface area contributed by atoms with Gasteiger partial charge in [0.25, 0.3) is 0 Å². The highest BCUT2D eigenvalue weighted by Gasteiger charge is 2.25. The van der Waals surface area contributed by atoms with Crippen LogP contribution in [0.15, 0.2) is 30.5 Å². The first-order valence-electron chi connectivity index (χ1n) is 9.04. The molecular formula is C20H23N3O3. The lowest BCUT2D eigenvalue weighted by Crippen LogP contribution is -2.42. The molecule has 0 amide bonds. The number of aromatic carboxylic acids is 1. The molecule has 2 aliphatic heterocycles. The summed E-state index contributed by atoms with van der Waals surface area (Å²) in [4.78, 5) is 17.9. The number of pyridine rings is 1. The van der Waals surface area contributed by atoms with Gasteiger partial charge < -0.3 is 15.6 Å². The summed E-state index contributed by atoms with van der Waals surface area (Å²) in [5, 5.41) is 9.25. The monoisotopic (exact) mass is 353 g/mol. The highest BCUT2D eigenvalue weighted by Crippen LogP contribution is 2.29. The Balaban J connectivity index is 1.57. The Kier molecular flexibility index (Phi) is 4.61. The molecule has 3 heterocycles. The summed E-state index contributed by atoms with van der Waals surface area (Å²) in [6.45, 7) is 3.76. The maximum absolute atomic E-state index is 11.3. The first kappa shape index (κ1) is 17.0. The third kappa shape index (κ3) is 3.30. The summed E-state index contributed by atoms with van der Waals surface area (Å²) in [7, 11) is 0. The van der Waals surface area contributed by atoms with E-state index in [2.05, 4.69) is 22.0 Å². The zero-order valence-electron chi connectivity index (χ0n) is 14.6. The molecule has 4 rings (SSSR count). The minimum atomic E-state index is -1.05. The van der Waals surface area contributed by atoms with Gasteiger partial charge >= 0.3 is 5.97 Å². The largest absolute Gasteiger partial charge is 0.478 e. The molecule has 0 unspecified atom stereocenters. The number of rotatable bonds is 3. The van der Waals surface area contributed by atoms with Crippen molar-refractivity contribution >= 4 is 11.8 Å². The number of carboxylic acid groups (broad SMARTS) is 1. The van der Waals surface area contributed by atoms with E-state index in [4.69, 9.17) is 10.5 Å². The van der Waals surface area contributed by atoms with Gasteiger partial charge in [-0.1, -0.05) is 18.2 Å². The van der Waals surface area contributed by atoms with Crippen LogP contribution in [0.2, 0.25) is 0 Å². The predicted molar refractivity (Wildman–Crippen MR) is 99.0 cm³/mol. The van der Waals surface area contributed by atoms with Crippen LogP contribution in [0.25, 0.3) is 11.1 Å². The number of carboxylic acids is 1. The van der Waals surface area contributed by atoms with E-state index in [1.807, 2.05) is 6.07 Å². The molecule has 26 heavy (non-hydrogen) atoms. The average Bonchev–Trinajstić information content (AvgIpc) is 2.68. The molecule has 1 aromatic heterocycles. The van der Waals surface area contributed by atoms with Crippen LogP contribution < -0.4 is 5.73 Å². The molecule has 2 aliphatic rings. The molecule has 1 fully saturated rings. The first-order valence-corrected chi connectivity index (χ1v) is 9.04. The Hall–Kier alpha value is -2.44. The van der Waals surface area contributed by atoms with Crippen molar-refractivity contribution in [1.29, 1.82) is 0 Å². The van der Waals surface area contributed by atoms with Crippen molar-refractivity contribution in [3.05, 3.63) is 47.2 Å². The number of carbonyl (C=O) groups is 1. The van der Waals surface area contributed by atoms with E-state index in [1.165, 1.54) is 11.1 Å². The number of nitrogens with two attached hydrogens (primary N) is 1. The number of nitrogens with zero attached hydrogens (tertiary/aromatic N) is 2. The lowest BCUT2D eigenvalue weighted by atomic mass is 9.93. The molecule has 0 atom stereocenters. The number of aromatic nitrogens is 1. The number of nitrogen functional groups attached to an aromatic ring is 1. The highest BCUT2D eigenvalue weighted by atomic mass is 16.5. The Bertz CT molecular complexity index is 831. The Morgan fingerprint density at radius 3 is 2.77 bits per heavy atom. The number of ether oxygens (including phenoxy) is 1. The molecule has 0 aliphatic carbocycles. The van der Waals surface area contributed by atoms with E-state index in [9.17, 15) is 9.90 Å². The maximum Gasteiger partial charge on any atom is 0.339 e. The van der Waals surface area contributed by atoms with Crippen molar-refractivity contribution in [2.45, 2.75) is 31.8 Å². The van der Waals surface area contributed by atoms with Crippen LogP contribution in [0, 0.1) is 0 Å². The standard InChI is InChI=1S/C20H23N3O3/c21-19-18(20(24)25)10-16(11-22-19)13-1-2-15-12-23(6-3-14(15)9-13)17-4-7-26-8-5-17/h1-2,9-11,17H,3-8,12H2,(H2,21,22)(H,24,25). The Morgan fingerprint density at radius 2 is 2.00 bits per heavy atom. The number of fused-ring (bicyclic) bond motifs is 1. The minimum Gasteiger partial charge on any atom is -0.478 e. The molecule has 0 spiro atoms. The highest BCUT2D eigenvalue weighted by molar-refractivity contribution is 5.94. The summed E-state index contributed by atoms with van der Waals surface area (Å²) >= 11 is 0. The Labute approximate surface area is 152 Å². The fraction of sp³-hybridized carbons (Fsp3) is 0.400. The number of hydrogen-bond acceptors (Lipinski definition) is 5. The van der Waals surface area contributed by atoms with Crippen LogP contribution >= 0.6 is 0 Å². The van der Waals surface area contributed by atoms with E-state index < -0.39 is 5.97 Å². The van der Waals surface area contributed by atoms with Gasteiger partial charge in [-0.05, 0) is 42.0 Å². The average molecular weight is 353 g/mol. The fourth-order valence-electron chi connectivity index (χ4n) is 3.92. The molecule has 6 nitrogen and oxygen atoms in total. The first-order chi connectivity index (χ1) is 12.6. The molecule has 1 saturated heterocycles. The molecule has 0 saturated carbocycles. The van der Waals surface area contributed by atoms with Crippen molar-refractivity contribution in [1.82, 2.24) is 9.88 Å². The van der Waals surface area contributed by atoms with Crippen LogP contribution in [0.5, 0.6) is 0 Å². The Morgan fingerprint density at radius 1 is 1.19 bits per heavy atom. The summed E-state index contributed by atoms with van der Waals surface area (Å²) in [5.74, 6) is -1.01. The van der Waals surface area contributed by atoms with Crippen LogP contribution in [0.1, 0.15) is 34.3 Å². The van der Waals surface area contributed by atoms with Gasteiger partial charge in [0.15, 0.2) is 0 Å². The second-order valence-corrected chi connectivity index (χ2v) is 7.01. The molecule has 136 valence electrons. The van der Waals surface area contributed by atoms with Gasteiger partial charge in [0.05, 0.1) is 0 Å². The van der Waals surface area contributed by atoms with Crippen LogP contribution in [-0.2, 0) is 17.7 Å². The molecule has 1 aromatic carbocycles. The van der Waals surface area contributed by atoms with Crippen molar-refractivity contribution in [2.24, 2.45) is 0 Å². The number of benzene rings is 1. The van der Waals surface area contributed by atoms with Crippen molar-refractivity contribution in [3.63, 3.8) is 0 Å². The molecule has 2 aromatic rings. The second kappa shape index (κ2) is 7.05. The second-order valence-electron chi connectivity index (χ2n) is 7.01. The summed E-state index contributed by atoms with van der Waals surface area (Å²) in [6, 6.07) is 8.59. The molecule has 0 radical (unpaired) electrons. The quantitative estimate of drug-likeness (QED) is 0.882. The van der Waals surface area contributed by atoms with Gasteiger partial charge in [-0.25, -0.2) is 9.78 Å². The SMILES string of the molecule is Nc1ncc(-c2ccc3c(c2)CCN(C2CCOCC2)C3)cc1C(=O)O. The van der Waals surface area contributed by atoms with Gasteiger partial charge in [0, 0.05) is 44.1 Å². The van der Waals surface area contributed by atoms with Gasteiger partial charge in [0.1, 0.15) is 11.4 Å². The summed E-state index contributed by atoms with van der Waals surface area (Å²) in [5.41, 5.74) is 10.2. The third-order valence-corrected chi connectivity index (χ3v) is 5.44. The molecule has 0 bridgehead atoms. The fourth-order valence-corrected chi connectivity index (χ4v) is 3.92. The van der Waals surface area contributed by atoms with E-state index in [-0.39, 0.29) is 11.4 Å². The van der Waals surface area contributed by atoms with Gasteiger partial charge in [-0.15, -0.1) is 0 Å². The lowest BCUT2D eigenvalue weighted by molar-refractivity contribution is 0.0290. The van der Waals surface area contributed by atoms with E-state index >= 15 is 0 Å². The maximum atomic E-state index is 11.3. The summed E-state index contributed by atoms with van der Waals surface area (Å²) in [6.07, 6.45) is 4.88. The topological polar surface area (TPSA) is 88.7 Å². The zero-order chi connectivity index (χ0) is 18.1. The van der Waals surface area contributed by atoms with E-state index in [0.29, 0.717) is 6.04 Å². The lowest BCUT2D eigenvalue weighted by Gasteiger charge is -2.37. The number of anilines is 1. The van der Waals surface area contributed by atoms with Gasteiger partial charge in [-0.3, -0.25) is 4.90 Å². The van der Waals surface area contributed by atoms with Crippen molar-refractivity contribution < 1.29 is 14.6 Å². The van der Waals surface area contributed by atoms with E-state index in [0.717, 1.165) is 56.7 Å². The predicted octanol–water partition coefficient (Wildman–Crippen LogP) is 2.57.